The zero-order valence-corrected chi connectivity index (χ0v) is 26.6. The first kappa shape index (κ1) is 33.6. The van der Waals surface area contributed by atoms with Gasteiger partial charge in [0.2, 0.25) is 10.0 Å². The maximum Gasteiger partial charge on any atom is 0.251 e. The number of rotatable bonds is 14. The molecular formula is C36H40FN3O4S. The zero-order chi connectivity index (χ0) is 32.6. The van der Waals surface area contributed by atoms with Crippen LogP contribution in [0.2, 0.25) is 0 Å². The molecule has 4 aromatic rings. The minimum atomic E-state index is -3.73. The molecule has 1 unspecified atom stereocenters. The molecule has 0 aliphatic rings. The topological polar surface area (TPSA) is 98.7 Å². The number of aliphatic hydroxyl groups excluding tert-OH is 1. The molecule has 4 aromatic carbocycles. The Morgan fingerprint density at radius 2 is 1.60 bits per heavy atom. The first-order valence-electron chi connectivity index (χ1n) is 14.7. The van der Waals surface area contributed by atoms with Gasteiger partial charge in [0.05, 0.1) is 29.8 Å². The number of sulfonamides is 1. The van der Waals surface area contributed by atoms with Crippen molar-refractivity contribution in [1.29, 1.82) is 0 Å². The van der Waals surface area contributed by atoms with E-state index in [1.807, 2.05) is 36.4 Å². The number of anilines is 2. The number of hydrogen-bond acceptors (Lipinski definition) is 5. The van der Waals surface area contributed by atoms with E-state index in [9.17, 15) is 22.7 Å². The Morgan fingerprint density at radius 1 is 0.956 bits per heavy atom. The highest BCUT2D eigenvalue weighted by molar-refractivity contribution is 7.92. The average Bonchev–Trinajstić information content (AvgIpc) is 3.01. The predicted molar refractivity (Wildman–Crippen MR) is 179 cm³/mol. The number of allylic oxidation sites excluding steroid dienone is 1. The van der Waals surface area contributed by atoms with Crippen LogP contribution in [0.4, 0.5) is 15.8 Å². The van der Waals surface area contributed by atoms with E-state index in [0.29, 0.717) is 35.5 Å². The van der Waals surface area contributed by atoms with E-state index in [0.717, 1.165) is 17.4 Å². The number of para-hydroxylation sites is 1. The molecule has 0 spiro atoms. The number of aryl methyl sites for hydroxylation is 1. The van der Waals surface area contributed by atoms with Gasteiger partial charge in [-0.3, -0.25) is 4.79 Å². The Balaban J connectivity index is 1.54. The summed E-state index contributed by atoms with van der Waals surface area (Å²) in [7, 11) is -3.73. The molecule has 0 aliphatic heterocycles. The van der Waals surface area contributed by atoms with E-state index >= 15 is 0 Å². The largest absolute Gasteiger partial charge is 0.390 e. The van der Waals surface area contributed by atoms with E-state index in [1.165, 1.54) is 23.4 Å². The van der Waals surface area contributed by atoms with Gasteiger partial charge in [-0.25, -0.2) is 17.1 Å². The lowest BCUT2D eigenvalue weighted by Crippen LogP contribution is -2.48. The summed E-state index contributed by atoms with van der Waals surface area (Å²) in [5, 5.41) is 17.5. The third kappa shape index (κ3) is 9.11. The van der Waals surface area contributed by atoms with Gasteiger partial charge in [-0.1, -0.05) is 85.5 Å². The molecule has 0 aromatic heterocycles. The van der Waals surface area contributed by atoms with Crippen molar-refractivity contribution in [3.8, 4) is 0 Å². The molecule has 0 aliphatic carbocycles. The van der Waals surface area contributed by atoms with Gasteiger partial charge >= 0.3 is 0 Å². The van der Waals surface area contributed by atoms with Crippen molar-refractivity contribution in [3.63, 3.8) is 0 Å². The second-order valence-electron chi connectivity index (χ2n) is 11.4. The maximum atomic E-state index is 14.7. The van der Waals surface area contributed by atoms with Crippen molar-refractivity contribution in [1.82, 2.24) is 10.6 Å². The molecule has 0 bridgehead atoms. The molecule has 0 heterocycles. The number of hydrogen-bond donors (Lipinski definition) is 3. The fourth-order valence-corrected chi connectivity index (χ4v) is 6.11. The first-order valence-corrected chi connectivity index (χ1v) is 16.5. The lowest BCUT2D eigenvalue weighted by Gasteiger charge is -2.26. The van der Waals surface area contributed by atoms with Gasteiger partial charge in [0.15, 0.2) is 5.67 Å². The van der Waals surface area contributed by atoms with Crippen LogP contribution in [0.1, 0.15) is 39.5 Å². The van der Waals surface area contributed by atoms with Crippen LogP contribution in [0.3, 0.4) is 0 Å². The van der Waals surface area contributed by atoms with Crippen LogP contribution < -0.4 is 14.9 Å². The lowest BCUT2D eigenvalue weighted by molar-refractivity contribution is 0.0830. The maximum absolute atomic E-state index is 14.7. The highest BCUT2D eigenvalue weighted by atomic mass is 32.2. The van der Waals surface area contributed by atoms with Crippen molar-refractivity contribution >= 4 is 27.3 Å². The molecule has 0 saturated carbocycles. The number of carbonyl (C=O) groups excluding carboxylic acids is 1. The summed E-state index contributed by atoms with van der Waals surface area (Å²) in [5.74, 6) is -0.444. The van der Waals surface area contributed by atoms with Gasteiger partial charge < -0.3 is 15.7 Å². The van der Waals surface area contributed by atoms with Crippen LogP contribution >= 0.6 is 0 Å². The lowest BCUT2D eigenvalue weighted by atomic mass is 9.96. The van der Waals surface area contributed by atoms with E-state index in [1.54, 1.807) is 67.6 Å². The SMILES string of the molecule is C=CC(C)(F)c1cccc(CNC[C@@H](O)[C@H](Cc2ccccc2)NC(=O)c2cc(C)cc(N(c3ccccc3)S(C)(=O)=O)c2)c1. The van der Waals surface area contributed by atoms with E-state index < -0.39 is 33.7 Å². The Hall–Kier alpha value is -4.31. The number of nitrogens with zero attached hydrogens (tertiary/aromatic N) is 1. The summed E-state index contributed by atoms with van der Waals surface area (Å²) in [6, 6.07) is 29.6. The fraction of sp³-hybridized carbons (Fsp3) is 0.250. The van der Waals surface area contributed by atoms with Crippen molar-refractivity contribution in [3.05, 3.63) is 144 Å². The summed E-state index contributed by atoms with van der Waals surface area (Å²) >= 11 is 0. The molecule has 7 nitrogen and oxygen atoms in total. The third-order valence-corrected chi connectivity index (χ3v) is 8.60. The highest BCUT2D eigenvalue weighted by Crippen LogP contribution is 2.30. The van der Waals surface area contributed by atoms with Gasteiger partial charge in [0.1, 0.15) is 0 Å². The zero-order valence-electron chi connectivity index (χ0n) is 25.8. The molecule has 0 saturated heterocycles. The van der Waals surface area contributed by atoms with Crippen molar-refractivity contribution in [2.24, 2.45) is 0 Å². The quantitative estimate of drug-likeness (QED) is 0.150. The number of aliphatic hydroxyl groups is 1. The van der Waals surface area contributed by atoms with Crippen molar-refractivity contribution in [2.75, 3.05) is 17.1 Å². The van der Waals surface area contributed by atoms with Gasteiger partial charge in [0.25, 0.3) is 5.91 Å². The molecule has 236 valence electrons. The minimum Gasteiger partial charge on any atom is -0.390 e. The van der Waals surface area contributed by atoms with Crippen molar-refractivity contribution in [2.45, 2.75) is 44.6 Å². The number of carbonyl (C=O) groups is 1. The van der Waals surface area contributed by atoms with Crippen LogP contribution in [-0.4, -0.2) is 44.4 Å². The Kier molecular flexibility index (Phi) is 10.9. The number of benzene rings is 4. The Bertz CT molecular complexity index is 1710. The highest BCUT2D eigenvalue weighted by Gasteiger charge is 2.25. The van der Waals surface area contributed by atoms with Crippen LogP contribution in [0, 0.1) is 6.92 Å². The van der Waals surface area contributed by atoms with Crippen molar-refractivity contribution < 1.29 is 22.7 Å². The second-order valence-corrected chi connectivity index (χ2v) is 13.2. The molecule has 3 atom stereocenters. The Morgan fingerprint density at radius 3 is 2.24 bits per heavy atom. The molecule has 0 radical (unpaired) electrons. The fourth-order valence-electron chi connectivity index (χ4n) is 5.12. The number of halogens is 1. The van der Waals surface area contributed by atoms with Gasteiger partial charge in [-0.2, -0.15) is 0 Å². The summed E-state index contributed by atoms with van der Waals surface area (Å²) in [5.41, 5.74) is 2.35. The first-order chi connectivity index (χ1) is 21.4. The number of nitrogens with one attached hydrogen (secondary N) is 2. The monoisotopic (exact) mass is 629 g/mol. The minimum absolute atomic E-state index is 0.158. The van der Waals surface area contributed by atoms with Crippen LogP contribution in [0.15, 0.2) is 116 Å². The summed E-state index contributed by atoms with van der Waals surface area (Å²) in [6.45, 7) is 7.36. The standard InChI is InChI=1S/C36H40FN3O4S/c1-5-36(3,37)30-16-12-15-28(21-30)24-38-25-34(41)33(22-27-13-8-6-9-14-27)39-35(42)29-19-26(2)20-32(23-29)40(45(4,43)44)31-17-10-7-11-18-31/h5-21,23,33-34,38,41H,1,22,24-25H2,2-4H3,(H,39,42)/t33-,34+,36?/m0/s1. The number of alkyl halides is 1. The molecule has 3 N–H and O–H groups in total. The third-order valence-electron chi connectivity index (χ3n) is 7.52. The normalized spacial score (nSPS) is 14.2. The van der Waals surface area contributed by atoms with Crippen LogP contribution in [0.25, 0.3) is 0 Å². The molecule has 4 rings (SSSR count). The molecule has 9 heteroatoms. The molecule has 45 heavy (non-hydrogen) atoms. The summed E-state index contributed by atoms with van der Waals surface area (Å²) in [6.07, 6.45) is 1.77. The smallest absolute Gasteiger partial charge is 0.251 e. The number of amides is 1. The van der Waals surface area contributed by atoms with E-state index in [2.05, 4.69) is 17.2 Å². The van der Waals surface area contributed by atoms with Gasteiger partial charge in [0, 0.05) is 18.7 Å². The summed E-state index contributed by atoms with van der Waals surface area (Å²) < 4.78 is 41.6. The molecular weight excluding hydrogens is 589 g/mol. The van der Waals surface area contributed by atoms with Crippen LogP contribution in [-0.2, 0) is 28.7 Å². The molecule has 0 fully saturated rings. The van der Waals surface area contributed by atoms with E-state index in [-0.39, 0.29) is 12.1 Å². The second kappa shape index (κ2) is 14.6. The Labute approximate surface area is 265 Å². The van der Waals surface area contributed by atoms with Gasteiger partial charge in [-0.05, 0) is 72.9 Å². The van der Waals surface area contributed by atoms with E-state index in [4.69, 9.17) is 0 Å². The summed E-state index contributed by atoms with van der Waals surface area (Å²) in [4.78, 5) is 13.7. The molecule has 1 amide bonds. The average molecular weight is 630 g/mol. The predicted octanol–water partition coefficient (Wildman–Crippen LogP) is 5.96. The van der Waals surface area contributed by atoms with Gasteiger partial charge in [-0.15, -0.1) is 0 Å². The van der Waals surface area contributed by atoms with Crippen LogP contribution in [0.5, 0.6) is 0 Å².